The van der Waals surface area contributed by atoms with E-state index in [1.807, 2.05) is 0 Å². The summed E-state index contributed by atoms with van der Waals surface area (Å²) in [5.74, 6) is -0.908. The van der Waals surface area contributed by atoms with Crippen LogP contribution in [0.4, 0.5) is 0 Å². The summed E-state index contributed by atoms with van der Waals surface area (Å²) < 4.78 is 16.3. The minimum atomic E-state index is -0.477. The van der Waals surface area contributed by atoms with Crippen LogP contribution in [0.3, 0.4) is 0 Å². The molecule has 0 aromatic heterocycles. The van der Waals surface area contributed by atoms with Gasteiger partial charge in [0.05, 0.1) is 14.2 Å². The molecule has 7 heteroatoms. The van der Waals surface area contributed by atoms with Crippen LogP contribution in [0.1, 0.15) is 107 Å². The van der Waals surface area contributed by atoms with Crippen molar-refractivity contribution in [3.63, 3.8) is 0 Å². The summed E-state index contributed by atoms with van der Waals surface area (Å²) in [5, 5.41) is 20.6. The van der Waals surface area contributed by atoms with Gasteiger partial charge in [0.15, 0.2) is 29.3 Å². The average Bonchev–Trinajstić information content (AvgIpc) is 2.95. The first kappa shape index (κ1) is 32.7. The number of phenolic OH excluding ortho intramolecular Hbond substituents is 2. The third-order valence-electron chi connectivity index (χ3n) is 6.92. The molecule has 2 N–H and O–H groups in total. The highest BCUT2D eigenvalue weighted by Crippen LogP contribution is 2.49. The van der Waals surface area contributed by atoms with Crippen molar-refractivity contribution < 1.29 is 34.0 Å². The number of phenols is 2. The van der Waals surface area contributed by atoms with Gasteiger partial charge >= 0.3 is 5.97 Å². The Kier molecular flexibility index (Phi) is 15.3. The van der Waals surface area contributed by atoms with Crippen molar-refractivity contribution in [2.75, 3.05) is 14.2 Å². The van der Waals surface area contributed by atoms with Gasteiger partial charge in [-0.1, -0.05) is 70.4 Å². The molecule has 220 valence electrons. The molecule has 0 saturated heterocycles. The van der Waals surface area contributed by atoms with Gasteiger partial charge in [0.25, 0.3) is 0 Å². The van der Waals surface area contributed by atoms with Crippen molar-refractivity contribution >= 4 is 12.3 Å². The van der Waals surface area contributed by atoms with Gasteiger partial charge in [-0.3, -0.25) is 9.59 Å². The Morgan fingerprint density at radius 3 is 1.88 bits per heavy atom. The maximum Gasteiger partial charge on any atom is 0.311 e. The van der Waals surface area contributed by atoms with Crippen molar-refractivity contribution in [3.8, 4) is 39.9 Å². The van der Waals surface area contributed by atoms with Crippen molar-refractivity contribution in [1.29, 1.82) is 0 Å². The van der Waals surface area contributed by atoms with Crippen LogP contribution in [-0.4, -0.2) is 36.7 Å². The van der Waals surface area contributed by atoms with E-state index in [0.29, 0.717) is 12.7 Å². The highest BCUT2D eigenvalue weighted by atomic mass is 16.6. The maximum atomic E-state index is 12.8. The summed E-state index contributed by atoms with van der Waals surface area (Å²) in [7, 11) is 2.71. The number of methoxy groups -OCH3 is 2. The fraction of sp³-hybridized carbons (Fsp3) is 0.515. The largest absolute Gasteiger partial charge is 0.504 e. The van der Waals surface area contributed by atoms with E-state index < -0.39 is 5.97 Å². The van der Waals surface area contributed by atoms with Gasteiger partial charge in [-0.05, 0) is 56.4 Å². The second-order valence-electron chi connectivity index (χ2n) is 10.0. The van der Waals surface area contributed by atoms with Gasteiger partial charge in [0.1, 0.15) is 0 Å². The lowest BCUT2D eigenvalue weighted by Crippen LogP contribution is -2.10. The molecule has 2 aromatic rings. The van der Waals surface area contributed by atoms with Crippen molar-refractivity contribution in [1.82, 2.24) is 0 Å². The number of aldehydes is 1. The summed E-state index contributed by atoms with van der Waals surface area (Å²) in [4.78, 5) is 24.5. The Balaban J connectivity index is 1.86. The zero-order chi connectivity index (χ0) is 29.2. The molecule has 0 aliphatic rings. The van der Waals surface area contributed by atoms with E-state index in [9.17, 15) is 19.8 Å². The van der Waals surface area contributed by atoms with Gasteiger partial charge in [-0.15, -0.1) is 0 Å². The number of unbranched alkanes of at least 4 members (excludes halogenated alkanes) is 11. The van der Waals surface area contributed by atoms with E-state index in [1.165, 1.54) is 83.4 Å². The van der Waals surface area contributed by atoms with Crippen LogP contribution in [0.25, 0.3) is 11.1 Å². The molecule has 0 amide bonds. The average molecular weight is 555 g/mol. The molecular formula is C33H46O7. The monoisotopic (exact) mass is 554 g/mol. The van der Waals surface area contributed by atoms with Gasteiger partial charge in [0.2, 0.25) is 5.75 Å². The molecule has 0 radical (unpaired) electrons. The fourth-order valence-electron chi connectivity index (χ4n) is 4.72. The van der Waals surface area contributed by atoms with E-state index in [1.54, 1.807) is 0 Å². The first-order valence-electron chi connectivity index (χ1n) is 14.6. The smallest absolute Gasteiger partial charge is 0.311 e. The Morgan fingerprint density at radius 1 is 0.725 bits per heavy atom. The SMILES string of the molecule is CCCCCCCC/C=C\CCCCCCCC(=O)Oc1c(-c2c(C=O)ccc(O)c2OC)ccc(O)c1OC. The Hall–Kier alpha value is -3.48. The fourth-order valence-corrected chi connectivity index (χ4v) is 4.72. The van der Waals surface area contributed by atoms with Gasteiger partial charge in [0, 0.05) is 23.1 Å². The maximum absolute atomic E-state index is 12.8. The lowest BCUT2D eigenvalue weighted by atomic mass is 9.97. The van der Waals surface area contributed by atoms with Gasteiger partial charge in [-0.2, -0.15) is 0 Å². The predicted octanol–water partition coefficient (Wildman–Crippen LogP) is 8.54. The molecular weight excluding hydrogens is 508 g/mol. The van der Waals surface area contributed by atoms with Gasteiger partial charge in [-0.25, -0.2) is 0 Å². The predicted molar refractivity (Wildman–Crippen MR) is 159 cm³/mol. The van der Waals surface area contributed by atoms with E-state index in [-0.39, 0.29) is 51.9 Å². The normalized spacial score (nSPS) is 11.1. The number of ether oxygens (including phenoxy) is 3. The quantitative estimate of drug-likeness (QED) is 0.0556. The van der Waals surface area contributed by atoms with Gasteiger partial charge < -0.3 is 24.4 Å². The molecule has 2 aromatic carbocycles. The number of hydrogen-bond donors (Lipinski definition) is 2. The lowest BCUT2D eigenvalue weighted by Gasteiger charge is -2.18. The van der Waals surface area contributed by atoms with E-state index >= 15 is 0 Å². The number of rotatable bonds is 20. The summed E-state index contributed by atoms with van der Waals surface area (Å²) in [5.41, 5.74) is 0.735. The van der Waals surface area contributed by atoms with Crippen LogP contribution < -0.4 is 14.2 Å². The van der Waals surface area contributed by atoms with Crippen LogP contribution in [0.5, 0.6) is 28.7 Å². The molecule has 0 bridgehead atoms. The second kappa shape index (κ2) is 18.7. The van der Waals surface area contributed by atoms with E-state index in [2.05, 4.69) is 19.1 Å². The van der Waals surface area contributed by atoms with Crippen LogP contribution in [0.2, 0.25) is 0 Å². The number of carbonyl (C=O) groups excluding carboxylic acids is 2. The Morgan fingerprint density at radius 2 is 1.27 bits per heavy atom. The highest BCUT2D eigenvalue weighted by molar-refractivity contribution is 5.95. The molecule has 0 heterocycles. The number of esters is 1. The van der Waals surface area contributed by atoms with Crippen LogP contribution >= 0.6 is 0 Å². The van der Waals surface area contributed by atoms with Crippen LogP contribution in [0.15, 0.2) is 36.4 Å². The van der Waals surface area contributed by atoms with Crippen LogP contribution in [-0.2, 0) is 4.79 Å². The molecule has 0 atom stereocenters. The third kappa shape index (κ3) is 10.2. The number of carbonyl (C=O) groups is 2. The first-order valence-corrected chi connectivity index (χ1v) is 14.6. The summed E-state index contributed by atoms with van der Waals surface area (Å²) in [6, 6.07) is 5.65. The zero-order valence-corrected chi connectivity index (χ0v) is 24.4. The van der Waals surface area contributed by atoms with Crippen LogP contribution in [0, 0.1) is 0 Å². The second-order valence-corrected chi connectivity index (χ2v) is 10.0. The third-order valence-corrected chi connectivity index (χ3v) is 6.92. The lowest BCUT2D eigenvalue weighted by molar-refractivity contribution is -0.134. The van der Waals surface area contributed by atoms with Crippen molar-refractivity contribution in [2.45, 2.75) is 96.8 Å². The van der Waals surface area contributed by atoms with Crippen molar-refractivity contribution in [2.24, 2.45) is 0 Å². The molecule has 0 aliphatic carbocycles. The molecule has 0 aliphatic heterocycles. The molecule has 0 spiro atoms. The van der Waals surface area contributed by atoms with E-state index in [4.69, 9.17) is 14.2 Å². The Labute approximate surface area is 239 Å². The highest BCUT2D eigenvalue weighted by Gasteiger charge is 2.25. The molecule has 40 heavy (non-hydrogen) atoms. The zero-order valence-electron chi connectivity index (χ0n) is 24.4. The summed E-state index contributed by atoms with van der Waals surface area (Å²) in [6.07, 6.45) is 20.6. The number of benzene rings is 2. The number of hydrogen-bond acceptors (Lipinski definition) is 7. The first-order chi connectivity index (χ1) is 19.5. The summed E-state index contributed by atoms with van der Waals surface area (Å²) >= 11 is 0. The minimum absolute atomic E-state index is 0.0350. The Bertz CT molecular complexity index is 1090. The number of allylic oxidation sites excluding steroid dienone is 2. The molecule has 0 fully saturated rings. The number of aromatic hydroxyl groups is 2. The molecule has 0 saturated carbocycles. The molecule has 0 unspecified atom stereocenters. The summed E-state index contributed by atoms with van der Waals surface area (Å²) in [6.45, 7) is 2.24. The standard InChI is InChI=1S/C33H46O7/c1-4-5-6-7-8-9-10-11-12-13-14-15-16-17-18-19-29(37)40-31-26(21-23-28(36)33(31)39-3)30-25(24-34)20-22-27(35)32(30)38-2/h11-12,20-24,35-36H,4-10,13-19H2,1-3H3/b12-11-. The molecule has 2 rings (SSSR count). The molecule has 7 nitrogen and oxygen atoms in total. The minimum Gasteiger partial charge on any atom is -0.504 e. The van der Waals surface area contributed by atoms with E-state index in [0.717, 1.165) is 32.1 Å². The topological polar surface area (TPSA) is 102 Å². The van der Waals surface area contributed by atoms with Crippen molar-refractivity contribution in [3.05, 3.63) is 42.0 Å².